The molecule has 0 saturated carbocycles. The van der Waals surface area contributed by atoms with Gasteiger partial charge in [0.2, 0.25) is 0 Å². The summed E-state index contributed by atoms with van der Waals surface area (Å²) in [5.74, 6) is 0. The van der Waals surface area contributed by atoms with Crippen molar-refractivity contribution in [3.05, 3.63) is 48.2 Å². The van der Waals surface area contributed by atoms with Crippen molar-refractivity contribution in [1.82, 2.24) is 5.32 Å². The Labute approximate surface area is 66.8 Å². The molecule has 0 amide bonds. The number of hydrogen-bond acceptors (Lipinski definition) is 1. The van der Waals surface area contributed by atoms with Crippen molar-refractivity contribution in [3.8, 4) is 0 Å². The van der Waals surface area contributed by atoms with Gasteiger partial charge in [-0.05, 0) is 6.08 Å². The van der Waals surface area contributed by atoms with E-state index in [2.05, 4.69) is 47.8 Å². The highest BCUT2D eigenvalue weighted by Crippen LogP contribution is 2.10. The summed E-state index contributed by atoms with van der Waals surface area (Å²) in [6.45, 7) is 0. The van der Waals surface area contributed by atoms with E-state index < -0.39 is 0 Å². The Bertz CT molecular complexity index is 244. The highest BCUT2D eigenvalue weighted by Gasteiger charge is 2.05. The molecule has 2 rings (SSSR count). The van der Waals surface area contributed by atoms with Crippen LogP contribution in [0.15, 0.2) is 48.2 Å². The Morgan fingerprint density at radius 1 is 1.18 bits per heavy atom. The summed E-state index contributed by atoms with van der Waals surface area (Å²) in [6.07, 6.45) is 15.9. The minimum atomic E-state index is 0.418. The van der Waals surface area contributed by atoms with Gasteiger partial charge in [0.25, 0.3) is 0 Å². The predicted octanol–water partition coefficient (Wildman–Crippen LogP) is 1.91. The zero-order valence-corrected chi connectivity index (χ0v) is 6.33. The molecule has 2 aliphatic carbocycles. The Morgan fingerprint density at radius 3 is 2.64 bits per heavy atom. The van der Waals surface area contributed by atoms with E-state index >= 15 is 0 Å². The van der Waals surface area contributed by atoms with Crippen LogP contribution in [0.2, 0.25) is 0 Å². The van der Waals surface area contributed by atoms with Crippen molar-refractivity contribution in [2.45, 2.75) is 12.5 Å². The minimum absolute atomic E-state index is 0.418. The number of hydrogen-bond donors (Lipinski definition) is 1. The van der Waals surface area contributed by atoms with Crippen LogP contribution < -0.4 is 5.32 Å². The van der Waals surface area contributed by atoms with Gasteiger partial charge in [-0.25, -0.2) is 0 Å². The third-order valence-corrected chi connectivity index (χ3v) is 1.87. The van der Waals surface area contributed by atoms with Crippen molar-refractivity contribution < 1.29 is 0 Å². The highest BCUT2D eigenvalue weighted by molar-refractivity contribution is 5.28. The first kappa shape index (κ1) is 6.47. The van der Waals surface area contributed by atoms with Crippen LogP contribution >= 0.6 is 0 Å². The van der Waals surface area contributed by atoms with E-state index in [1.807, 2.05) is 0 Å². The van der Waals surface area contributed by atoms with Gasteiger partial charge in [-0.15, -0.1) is 0 Å². The summed E-state index contributed by atoms with van der Waals surface area (Å²) in [6, 6.07) is 0.418. The van der Waals surface area contributed by atoms with Gasteiger partial charge in [0.15, 0.2) is 0 Å². The molecule has 11 heavy (non-hydrogen) atoms. The summed E-state index contributed by atoms with van der Waals surface area (Å²) in [5, 5.41) is 3.40. The third-order valence-electron chi connectivity index (χ3n) is 1.87. The molecule has 0 aromatic carbocycles. The maximum absolute atomic E-state index is 3.40. The quantitative estimate of drug-likeness (QED) is 0.626. The second kappa shape index (κ2) is 2.79. The first-order valence-electron chi connectivity index (χ1n) is 3.92. The van der Waals surface area contributed by atoms with Crippen LogP contribution in [0, 0.1) is 0 Å². The molecule has 0 atom stereocenters. The van der Waals surface area contributed by atoms with Gasteiger partial charge in [0, 0.05) is 12.1 Å². The second-order valence-corrected chi connectivity index (χ2v) is 2.76. The fourth-order valence-electron chi connectivity index (χ4n) is 1.30. The smallest absolute Gasteiger partial charge is 0.0631 e. The van der Waals surface area contributed by atoms with E-state index in [0.717, 1.165) is 6.42 Å². The molecule has 0 radical (unpaired) electrons. The summed E-state index contributed by atoms with van der Waals surface area (Å²) in [7, 11) is 0. The summed E-state index contributed by atoms with van der Waals surface area (Å²) in [5.41, 5.74) is 1.31. The zero-order valence-electron chi connectivity index (χ0n) is 6.33. The molecule has 1 heteroatoms. The molecule has 0 aromatic heterocycles. The summed E-state index contributed by atoms with van der Waals surface area (Å²) in [4.78, 5) is 0. The molecule has 0 spiro atoms. The lowest BCUT2D eigenvalue weighted by Crippen LogP contribution is -2.22. The highest BCUT2D eigenvalue weighted by atomic mass is 14.9. The fourth-order valence-corrected chi connectivity index (χ4v) is 1.30. The number of rotatable bonds is 2. The minimum Gasteiger partial charge on any atom is -0.378 e. The van der Waals surface area contributed by atoms with Crippen LogP contribution in [-0.4, -0.2) is 6.04 Å². The summed E-state index contributed by atoms with van der Waals surface area (Å²) < 4.78 is 0. The molecule has 0 unspecified atom stereocenters. The van der Waals surface area contributed by atoms with Crippen molar-refractivity contribution in [1.29, 1.82) is 0 Å². The molecular formula is C10H11N. The zero-order chi connectivity index (χ0) is 7.52. The standard InChI is InChI=1S/C10H11N/c1-2-6-9(5-1)11-10-7-3-4-8-10/h1-7,9,11H,8H2. The van der Waals surface area contributed by atoms with Crippen LogP contribution in [0.3, 0.4) is 0 Å². The SMILES string of the molecule is C1=CCC(NC2C=CC=C2)=C1. The average molecular weight is 145 g/mol. The van der Waals surface area contributed by atoms with Crippen LogP contribution in [0.1, 0.15) is 6.42 Å². The maximum atomic E-state index is 3.40. The molecule has 0 fully saturated rings. The molecule has 0 heterocycles. The molecule has 0 bridgehead atoms. The molecule has 1 nitrogen and oxygen atoms in total. The molecular weight excluding hydrogens is 134 g/mol. The van der Waals surface area contributed by atoms with E-state index in [1.165, 1.54) is 5.70 Å². The van der Waals surface area contributed by atoms with Crippen molar-refractivity contribution in [3.63, 3.8) is 0 Å². The van der Waals surface area contributed by atoms with E-state index in [0.29, 0.717) is 6.04 Å². The molecule has 0 aromatic rings. The first-order valence-corrected chi connectivity index (χ1v) is 3.92. The van der Waals surface area contributed by atoms with Gasteiger partial charge >= 0.3 is 0 Å². The van der Waals surface area contributed by atoms with Crippen molar-refractivity contribution in [2.24, 2.45) is 0 Å². The van der Waals surface area contributed by atoms with Crippen LogP contribution in [0.5, 0.6) is 0 Å². The van der Waals surface area contributed by atoms with Gasteiger partial charge < -0.3 is 5.32 Å². The predicted molar refractivity (Wildman–Crippen MR) is 47.0 cm³/mol. The van der Waals surface area contributed by atoms with Gasteiger partial charge in [-0.3, -0.25) is 0 Å². The van der Waals surface area contributed by atoms with E-state index in [4.69, 9.17) is 0 Å². The van der Waals surface area contributed by atoms with E-state index in [-0.39, 0.29) is 0 Å². The molecule has 56 valence electrons. The van der Waals surface area contributed by atoms with Crippen LogP contribution in [0.25, 0.3) is 0 Å². The van der Waals surface area contributed by atoms with Crippen LogP contribution in [0.4, 0.5) is 0 Å². The van der Waals surface area contributed by atoms with Gasteiger partial charge in [0.1, 0.15) is 0 Å². The lowest BCUT2D eigenvalue weighted by Gasteiger charge is -2.10. The second-order valence-electron chi connectivity index (χ2n) is 2.76. The molecule has 0 saturated heterocycles. The maximum Gasteiger partial charge on any atom is 0.0631 e. The van der Waals surface area contributed by atoms with Crippen LogP contribution in [-0.2, 0) is 0 Å². The molecule has 1 N–H and O–H groups in total. The third kappa shape index (κ3) is 1.43. The van der Waals surface area contributed by atoms with Crippen molar-refractivity contribution in [2.75, 3.05) is 0 Å². The Hall–Kier alpha value is -1.24. The topological polar surface area (TPSA) is 12.0 Å². The molecule has 2 aliphatic rings. The number of nitrogens with one attached hydrogen (secondary N) is 1. The Morgan fingerprint density at radius 2 is 2.00 bits per heavy atom. The van der Waals surface area contributed by atoms with Gasteiger partial charge in [-0.2, -0.15) is 0 Å². The van der Waals surface area contributed by atoms with Gasteiger partial charge in [-0.1, -0.05) is 36.5 Å². The Balaban J connectivity index is 1.91. The van der Waals surface area contributed by atoms with E-state index in [9.17, 15) is 0 Å². The average Bonchev–Trinajstić information content (AvgIpc) is 2.60. The van der Waals surface area contributed by atoms with Crippen molar-refractivity contribution >= 4 is 0 Å². The normalized spacial score (nSPS) is 21.3. The van der Waals surface area contributed by atoms with Gasteiger partial charge in [0.05, 0.1) is 6.04 Å². The fraction of sp³-hybridized carbons (Fsp3) is 0.200. The largest absolute Gasteiger partial charge is 0.378 e. The first-order chi connectivity index (χ1) is 5.45. The lowest BCUT2D eigenvalue weighted by molar-refractivity contribution is 0.779. The lowest BCUT2D eigenvalue weighted by atomic mass is 10.3. The van der Waals surface area contributed by atoms with E-state index in [1.54, 1.807) is 0 Å². The Kier molecular flexibility index (Phi) is 1.64. The monoisotopic (exact) mass is 145 g/mol. The number of allylic oxidation sites excluding steroid dienone is 5. The summed E-state index contributed by atoms with van der Waals surface area (Å²) >= 11 is 0. The molecule has 0 aliphatic heterocycles.